The average Bonchev–Trinajstić information content (AvgIpc) is 3.20. The third kappa shape index (κ3) is 6.51. The lowest BCUT2D eigenvalue weighted by Gasteiger charge is -2.38. The number of anilines is 1. The van der Waals surface area contributed by atoms with E-state index < -0.39 is 5.79 Å². The van der Waals surface area contributed by atoms with Gasteiger partial charge in [0.2, 0.25) is 0 Å². The van der Waals surface area contributed by atoms with E-state index >= 15 is 0 Å². The van der Waals surface area contributed by atoms with E-state index in [0.29, 0.717) is 30.7 Å². The smallest absolute Gasteiger partial charge is 0.197 e. The van der Waals surface area contributed by atoms with E-state index in [4.69, 9.17) is 25.8 Å². The molecule has 6 heteroatoms. The van der Waals surface area contributed by atoms with Crippen LogP contribution in [0.15, 0.2) is 42.5 Å². The number of halogens is 1. The lowest BCUT2D eigenvalue weighted by Crippen LogP contribution is -2.48. The second-order valence-electron chi connectivity index (χ2n) is 11.4. The molecule has 0 unspecified atom stereocenters. The Bertz CT molecular complexity index is 980. The monoisotopic (exact) mass is 500 g/mol. The van der Waals surface area contributed by atoms with Crippen molar-refractivity contribution in [2.75, 3.05) is 44.3 Å². The highest BCUT2D eigenvalue weighted by Gasteiger charge is 2.47. The van der Waals surface area contributed by atoms with Gasteiger partial charge in [-0.05, 0) is 62.1 Å². The predicted molar refractivity (Wildman–Crippen MR) is 144 cm³/mol. The quantitative estimate of drug-likeness (QED) is 0.448. The summed E-state index contributed by atoms with van der Waals surface area (Å²) < 4.78 is 19.0. The van der Waals surface area contributed by atoms with Gasteiger partial charge >= 0.3 is 0 Å². The Morgan fingerprint density at radius 1 is 1.06 bits per heavy atom. The van der Waals surface area contributed by atoms with Gasteiger partial charge in [-0.25, -0.2) is 0 Å². The van der Waals surface area contributed by atoms with Crippen molar-refractivity contribution in [3.63, 3.8) is 0 Å². The van der Waals surface area contributed by atoms with Crippen LogP contribution >= 0.6 is 11.6 Å². The Hall–Kier alpha value is -1.79. The fourth-order valence-corrected chi connectivity index (χ4v) is 5.42. The van der Waals surface area contributed by atoms with Gasteiger partial charge in [-0.15, -0.1) is 0 Å². The molecule has 2 aromatic rings. The maximum Gasteiger partial charge on any atom is 0.197 e. The molecule has 0 bridgehead atoms. The number of ether oxygens (including phenoxy) is 3. The van der Waals surface area contributed by atoms with Gasteiger partial charge in [-0.3, -0.25) is 4.90 Å². The van der Waals surface area contributed by atoms with Crippen molar-refractivity contribution in [1.29, 1.82) is 0 Å². The van der Waals surface area contributed by atoms with Gasteiger partial charge in [-0.2, -0.15) is 0 Å². The van der Waals surface area contributed by atoms with Crippen molar-refractivity contribution in [2.24, 2.45) is 5.41 Å². The van der Waals surface area contributed by atoms with Crippen molar-refractivity contribution in [2.45, 2.75) is 65.9 Å². The maximum atomic E-state index is 6.65. The van der Waals surface area contributed by atoms with E-state index in [2.05, 4.69) is 74.8 Å². The summed E-state index contributed by atoms with van der Waals surface area (Å²) in [6, 6.07) is 15.1. The van der Waals surface area contributed by atoms with Crippen molar-refractivity contribution < 1.29 is 14.2 Å². The molecule has 0 aromatic heterocycles. The van der Waals surface area contributed by atoms with Gasteiger partial charge in [0, 0.05) is 54.9 Å². The van der Waals surface area contributed by atoms with Crippen molar-refractivity contribution in [1.82, 2.24) is 4.90 Å². The first-order valence-electron chi connectivity index (χ1n) is 12.8. The topological polar surface area (TPSA) is 34.2 Å². The molecule has 2 aliphatic rings. The Balaban J connectivity index is 1.37. The Morgan fingerprint density at radius 2 is 1.74 bits per heavy atom. The van der Waals surface area contributed by atoms with Crippen LogP contribution in [0.5, 0.6) is 5.75 Å². The Labute approximate surface area is 216 Å². The summed E-state index contributed by atoms with van der Waals surface area (Å²) in [5.74, 6) is -0.0150. The molecule has 0 saturated carbocycles. The summed E-state index contributed by atoms with van der Waals surface area (Å²) in [6.07, 6.45) is 0.538. The summed E-state index contributed by atoms with van der Waals surface area (Å²) in [7, 11) is 0. The molecule has 0 radical (unpaired) electrons. The zero-order valence-electron chi connectivity index (χ0n) is 22.1. The molecule has 2 saturated heterocycles. The number of benzene rings is 2. The molecule has 35 heavy (non-hydrogen) atoms. The fourth-order valence-electron chi connectivity index (χ4n) is 5.04. The van der Waals surface area contributed by atoms with Crippen LogP contribution in [0.4, 0.5) is 5.69 Å². The van der Waals surface area contributed by atoms with Gasteiger partial charge < -0.3 is 19.1 Å². The molecular weight excluding hydrogens is 460 g/mol. The minimum atomic E-state index is -0.862. The van der Waals surface area contributed by atoms with Crippen LogP contribution in [0.1, 0.15) is 52.2 Å². The number of nitrogens with zero attached hydrogens (tertiary/aromatic N) is 2. The zero-order valence-corrected chi connectivity index (χ0v) is 22.9. The molecule has 5 nitrogen and oxygen atoms in total. The van der Waals surface area contributed by atoms with Crippen LogP contribution in [0.3, 0.4) is 0 Å². The largest absolute Gasteiger partial charge is 0.491 e. The van der Waals surface area contributed by atoms with Gasteiger partial charge in [0.05, 0.1) is 6.61 Å². The van der Waals surface area contributed by atoms with Gasteiger partial charge in [-0.1, -0.05) is 44.5 Å². The Kier molecular flexibility index (Phi) is 8.02. The molecule has 2 aromatic carbocycles. The van der Waals surface area contributed by atoms with E-state index in [-0.39, 0.29) is 11.5 Å². The third-order valence-electron chi connectivity index (χ3n) is 6.84. The van der Waals surface area contributed by atoms with Crippen LogP contribution in [0, 0.1) is 12.3 Å². The molecule has 4 rings (SSSR count). The van der Waals surface area contributed by atoms with E-state index in [1.54, 1.807) is 0 Å². The molecule has 0 N–H and O–H groups in total. The second-order valence-corrected chi connectivity index (χ2v) is 11.9. The molecule has 0 spiro atoms. The number of aryl methyl sites for hydroxylation is 1. The summed E-state index contributed by atoms with van der Waals surface area (Å²) in [5.41, 5.74) is 3.26. The number of hydrogen-bond donors (Lipinski definition) is 0. The molecular formula is C29H41ClN2O3. The van der Waals surface area contributed by atoms with E-state index in [9.17, 15) is 0 Å². The van der Waals surface area contributed by atoms with Gasteiger partial charge in [0.1, 0.15) is 18.5 Å². The minimum Gasteiger partial charge on any atom is -0.491 e. The lowest BCUT2D eigenvalue weighted by atomic mass is 9.84. The SMILES string of the molecule is Cc1ccc([C@@]2(CC(C)(C)C)OC[C@H](COc3ccc(N4CCN(C(C)C)CC4)cc3)O2)c(Cl)c1. The van der Waals surface area contributed by atoms with Crippen molar-refractivity contribution in [3.05, 3.63) is 58.6 Å². The zero-order chi connectivity index (χ0) is 25.2. The first kappa shape index (κ1) is 26.3. The van der Waals surface area contributed by atoms with E-state index in [1.165, 1.54) is 5.69 Å². The number of piperazine rings is 1. The fraction of sp³-hybridized carbons (Fsp3) is 0.586. The van der Waals surface area contributed by atoms with Crippen LogP contribution in [0.2, 0.25) is 5.02 Å². The van der Waals surface area contributed by atoms with E-state index in [0.717, 1.165) is 43.1 Å². The second kappa shape index (κ2) is 10.7. The van der Waals surface area contributed by atoms with Gasteiger partial charge in [0.15, 0.2) is 5.79 Å². The molecule has 2 fully saturated rings. The molecule has 2 heterocycles. The lowest BCUT2D eigenvalue weighted by molar-refractivity contribution is -0.198. The standard InChI is InChI=1S/C29H41ClN2O3/c1-21(2)31-13-15-32(16-14-31)23-8-10-24(11-9-23)33-18-25-19-34-29(35-25,20-28(4,5)6)26-12-7-22(3)17-27(26)30/h7-12,17,21,25H,13-16,18-20H2,1-6H3/t25-,29-/m0/s1. The Morgan fingerprint density at radius 3 is 2.34 bits per heavy atom. The van der Waals surface area contributed by atoms with Crippen LogP contribution in [0.25, 0.3) is 0 Å². The predicted octanol–water partition coefficient (Wildman–Crippen LogP) is 6.26. The number of rotatable bonds is 7. The molecule has 2 aliphatic heterocycles. The van der Waals surface area contributed by atoms with Gasteiger partial charge in [0.25, 0.3) is 0 Å². The highest BCUT2D eigenvalue weighted by atomic mass is 35.5. The first-order chi connectivity index (χ1) is 16.5. The van der Waals surface area contributed by atoms with Crippen LogP contribution < -0.4 is 9.64 Å². The first-order valence-corrected chi connectivity index (χ1v) is 13.2. The van der Waals surface area contributed by atoms with Crippen LogP contribution in [-0.4, -0.2) is 56.4 Å². The molecule has 0 aliphatic carbocycles. The third-order valence-corrected chi connectivity index (χ3v) is 7.15. The summed E-state index contributed by atoms with van der Waals surface area (Å²) in [5, 5.41) is 0.681. The molecule has 192 valence electrons. The molecule has 0 amide bonds. The minimum absolute atomic E-state index is 0.000442. The summed E-state index contributed by atoms with van der Waals surface area (Å²) in [6.45, 7) is 18.4. The summed E-state index contributed by atoms with van der Waals surface area (Å²) in [4.78, 5) is 4.98. The van der Waals surface area contributed by atoms with Crippen LogP contribution in [-0.2, 0) is 15.3 Å². The molecule has 2 atom stereocenters. The normalized spacial score (nSPS) is 23.8. The van der Waals surface area contributed by atoms with Crippen molar-refractivity contribution >= 4 is 17.3 Å². The number of hydrogen-bond acceptors (Lipinski definition) is 5. The average molecular weight is 501 g/mol. The summed E-state index contributed by atoms with van der Waals surface area (Å²) >= 11 is 6.65. The highest BCUT2D eigenvalue weighted by Crippen LogP contribution is 2.45. The van der Waals surface area contributed by atoms with E-state index in [1.807, 2.05) is 19.1 Å². The maximum absolute atomic E-state index is 6.65. The highest BCUT2D eigenvalue weighted by molar-refractivity contribution is 6.31. The van der Waals surface area contributed by atoms with Crippen molar-refractivity contribution in [3.8, 4) is 5.75 Å².